The minimum Gasteiger partial charge on any atom is -0.434 e. The predicted molar refractivity (Wildman–Crippen MR) is 257 cm³/mol. The highest BCUT2D eigenvalue weighted by Crippen LogP contribution is 2.30. The number of carbonyl (C=O) groups excluding carboxylic acids is 1. The van der Waals surface area contributed by atoms with Crippen LogP contribution in [0.3, 0.4) is 0 Å². The maximum atomic E-state index is 13.1. The molecule has 0 amide bonds. The molecule has 0 saturated carbocycles. The van der Waals surface area contributed by atoms with Crippen molar-refractivity contribution in [3.8, 4) is 0 Å². The number of carbonyl (C=O) groups is 1. The molecule has 4 aromatic heterocycles. The summed E-state index contributed by atoms with van der Waals surface area (Å²) >= 11 is 9.87. The van der Waals surface area contributed by atoms with Gasteiger partial charge in [-0.1, -0.05) is 78.3 Å². The first-order valence-corrected chi connectivity index (χ1v) is 23.7. The molecule has 1 atom stereocenters. The number of H-pyrrole nitrogens is 2. The van der Waals surface area contributed by atoms with Gasteiger partial charge in [0, 0.05) is 82.9 Å². The van der Waals surface area contributed by atoms with Gasteiger partial charge in [0.15, 0.2) is 5.56 Å². The lowest BCUT2D eigenvalue weighted by molar-refractivity contribution is 0.166. The van der Waals surface area contributed by atoms with Crippen molar-refractivity contribution in [1.29, 1.82) is 0 Å². The summed E-state index contributed by atoms with van der Waals surface area (Å²) in [6, 6.07) is 35.2. The van der Waals surface area contributed by atoms with Crippen LogP contribution < -0.4 is 15.1 Å². The molecule has 0 bridgehead atoms. The molecular formula is C44H48Cl4N8O6S2. The maximum Gasteiger partial charge on any atom is 0.405 e. The van der Waals surface area contributed by atoms with E-state index in [1.807, 2.05) is 36.4 Å². The van der Waals surface area contributed by atoms with Crippen LogP contribution in [0.4, 0.5) is 16.4 Å². The number of nitrogens with one attached hydrogen (secondary N) is 3. The first-order valence-electron chi connectivity index (χ1n) is 19.9. The molecule has 340 valence electrons. The molecule has 3 aromatic carbocycles. The van der Waals surface area contributed by atoms with Crippen molar-refractivity contribution in [1.82, 2.24) is 30.2 Å². The molecule has 1 unspecified atom stereocenters. The molecule has 64 heavy (non-hydrogen) atoms. The molecule has 2 saturated heterocycles. The Kier molecular flexibility index (Phi) is 17.9. The number of anilines is 2. The zero-order valence-corrected chi connectivity index (χ0v) is 39.4. The number of sulfone groups is 2. The van der Waals surface area contributed by atoms with E-state index >= 15 is 0 Å². The number of alkyl halides is 1. The topological polar surface area (TPSA) is 174 Å². The molecule has 2 aliphatic heterocycles. The summed E-state index contributed by atoms with van der Waals surface area (Å²) in [7, 11) is -7.23. The second-order valence-electron chi connectivity index (χ2n) is 14.5. The molecule has 9 rings (SSSR count). The predicted octanol–water partition coefficient (Wildman–Crippen LogP) is 8.31. The molecule has 0 aliphatic carbocycles. The van der Waals surface area contributed by atoms with Gasteiger partial charge >= 0.3 is 5.43 Å². The SMILES string of the molecule is CC(Cl)OC(=O)Cl.Cl.Cl.O=S(=O)(c1ccccc1)c1c[nH]c2ccc(N3CCN(Cc4ccccc4)CC3)nc12.O=S(=O)(c1ccccc1)c1c[nH]c2ccc(N3CCNCC3)nc12. The van der Waals surface area contributed by atoms with E-state index < -0.39 is 30.7 Å². The normalized spacial score (nSPS) is 14.8. The Bertz CT molecular complexity index is 2810. The fourth-order valence-electron chi connectivity index (χ4n) is 7.14. The lowest BCUT2D eigenvalue weighted by Crippen LogP contribution is -2.46. The van der Waals surface area contributed by atoms with Crippen LogP contribution in [0.2, 0.25) is 0 Å². The van der Waals surface area contributed by atoms with Gasteiger partial charge in [-0.3, -0.25) is 4.90 Å². The van der Waals surface area contributed by atoms with Gasteiger partial charge in [0.25, 0.3) is 0 Å². The third-order valence-electron chi connectivity index (χ3n) is 10.3. The van der Waals surface area contributed by atoms with Gasteiger partial charge in [-0.15, -0.1) is 24.8 Å². The van der Waals surface area contributed by atoms with Gasteiger partial charge in [-0.05, 0) is 61.0 Å². The second kappa shape index (κ2) is 22.8. The van der Waals surface area contributed by atoms with E-state index in [4.69, 9.17) is 28.2 Å². The number of pyridine rings is 2. The van der Waals surface area contributed by atoms with Crippen molar-refractivity contribution in [2.24, 2.45) is 0 Å². The van der Waals surface area contributed by atoms with Crippen LogP contribution in [0.5, 0.6) is 0 Å². The molecule has 7 aromatic rings. The number of nitrogens with zero attached hydrogens (tertiary/aromatic N) is 5. The first kappa shape index (κ1) is 50.1. The highest BCUT2D eigenvalue weighted by Gasteiger charge is 2.26. The monoisotopic (exact) mass is 988 g/mol. The van der Waals surface area contributed by atoms with Crippen LogP contribution in [-0.4, -0.2) is 105 Å². The standard InChI is InChI=1S/C24H24N4O2S.C17H18N4O2S.C3H4Cl2O2.2ClH/c29-31(30,20-9-5-2-6-10-20)22-17-25-21-11-12-23(26-24(21)22)28-15-13-27(14-16-28)18-19-7-3-1-4-8-19;22-24(23,13-4-2-1-3-5-13)15-12-19-14-6-7-16(20-17(14)15)21-10-8-18-9-11-21;1-2(4)7-3(5)6;;/h1-12,17,25H,13-16,18H2;1-7,12,18-19H,8-11H2;2H,1H3;2*1H. The highest BCUT2D eigenvalue weighted by molar-refractivity contribution is 7.92. The van der Waals surface area contributed by atoms with E-state index in [0.29, 0.717) is 11.0 Å². The van der Waals surface area contributed by atoms with E-state index in [1.54, 1.807) is 60.8 Å². The molecule has 3 N–H and O–H groups in total. The highest BCUT2D eigenvalue weighted by atomic mass is 35.5. The minimum absolute atomic E-state index is 0. The van der Waals surface area contributed by atoms with Crippen molar-refractivity contribution >= 4 is 107 Å². The van der Waals surface area contributed by atoms with Crippen molar-refractivity contribution in [2.75, 3.05) is 62.2 Å². The van der Waals surface area contributed by atoms with E-state index in [9.17, 15) is 21.6 Å². The fourth-order valence-corrected chi connectivity index (χ4v) is 10.2. The summed E-state index contributed by atoms with van der Waals surface area (Å²) in [4.78, 5) is 33.0. The summed E-state index contributed by atoms with van der Waals surface area (Å²) in [6.45, 7) is 9.58. The van der Waals surface area contributed by atoms with Crippen LogP contribution >= 0.6 is 48.0 Å². The number of rotatable bonds is 9. The summed E-state index contributed by atoms with van der Waals surface area (Å²) in [5.74, 6) is 1.63. The smallest absolute Gasteiger partial charge is 0.405 e. The molecule has 14 nitrogen and oxygen atoms in total. The largest absolute Gasteiger partial charge is 0.434 e. The van der Waals surface area contributed by atoms with Gasteiger partial charge < -0.3 is 29.8 Å². The first-order chi connectivity index (χ1) is 29.9. The van der Waals surface area contributed by atoms with Crippen molar-refractivity contribution in [3.63, 3.8) is 0 Å². The quantitative estimate of drug-likeness (QED) is 0.0934. The van der Waals surface area contributed by atoms with Gasteiger partial charge in [0.05, 0.1) is 20.8 Å². The number of hydrogen-bond acceptors (Lipinski definition) is 12. The Labute approximate surface area is 395 Å². The van der Waals surface area contributed by atoms with Gasteiger partial charge in [-0.25, -0.2) is 31.6 Å². The third-order valence-corrected chi connectivity index (χ3v) is 14.0. The zero-order chi connectivity index (χ0) is 43.7. The average Bonchev–Trinajstić information content (AvgIpc) is 3.93. The summed E-state index contributed by atoms with van der Waals surface area (Å²) < 4.78 is 56.2. The van der Waals surface area contributed by atoms with Crippen LogP contribution in [0.25, 0.3) is 22.1 Å². The Hall–Kier alpha value is -4.91. The fraction of sp³-hybridized carbons (Fsp3) is 0.250. The number of piperazine rings is 2. The number of aromatic amines is 2. The molecule has 2 aliphatic rings. The number of benzene rings is 3. The number of halogens is 4. The van der Waals surface area contributed by atoms with Crippen LogP contribution in [0.15, 0.2) is 147 Å². The number of ether oxygens (including phenoxy) is 1. The Morgan fingerprint density at radius 3 is 1.47 bits per heavy atom. The van der Waals surface area contributed by atoms with Gasteiger partial charge in [-0.2, -0.15) is 0 Å². The summed E-state index contributed by atoms with van der Waals surface area (Å²) in [5.41, 5.74) is 2.25. The summed E-state index contributed by atoms with van der Waals surface area (Å²) in [5, 5.41) is 3.30. The Morgan fingerprint density at radius 2 is 1.06 bits per heavy atom. The van der Waals surface area contributed by atoms with E-state index in [0.717, 1.165) is 81.6 Å². The Balaban J connectivity index is 0.000000209. The van der Waals surface area contributed by atoms with Crippen molar-refractivity contribution in [3.05, 3.63) is 133 Å². The van der Waals surface area contributed by atoms with E-state index in [2.05, 4.69) is 64.0 Å². The maximum absolute atomic E-state index is 13.1. The summed E-state index contributed by atoms with van der Waals surface area (Å²) in [6.07, 6.45) is 3.07. The van der Waals surface area contributed by atoms with Gasteiger partial charge in [0.2, 0.25) is 19.7 Å². The number of aromatic nitrogens is 4. The van der Waals surface area contributed by atoms with Crippen molar-refractivity contribution < 1.29 is 26.4 Å². The average molecular weight is 991 g/mol. The van der Waals surface area contributed by atoms with Gasteiger partial charge in [0.1, 0.15) is 32.5 Å². The number of hydrogen-bond donors (Lipinski definition) is 3. The zero-order valence-electron chi connectivity index (χ0n) is 34.6. The molecular weight excluding hydrogens is 942 g/mol. The van der Waals surface area contributed by atoms with Crippen LogP contribution in [0.1, 0.15) is 12.5 Å². The van der Waals surface area contributed by atoms with E-state index in [-0.39, 0.29) is 44.4 Å². The molecule has 2 fully saturated rings. The minimum atomic E-state index is -3.63. The molecule has 0 radical (unpaired) electrons. The second-order valence-corrected chi connectivity index (χ2v) is 19.2. The lowest BCUT2D eigenvalue weighted by atomic mass is 10.2. The molecule has 20 heteroatoms. The number of fused-ring (bicyclic) bond motifs is 2. The van der Waals surface area contributed by atoms with Crippen molar-refractivity contribution in [2.45, 2.75) is 38.6 Å². The van der Waals surface area contributed by atoms with Crippen LogP contribution in [0, 0.1) is 0 Å². The Morgan fingerprint density at radius 1 is 0.641 bits per heavy atom. The molecule has 6 heterocycles. The molecule has 0 spiro atoms. The lowest BCUT2D eigenvalue weighted by Gasteiger charge is -2.35. The van der Waals surface area contributed by atoms with E-state index in [1.165, 1.54) is 18.7 Å². The third kappa shape index (κ3) is 12.2. The van der Waals surface area contributed by atoms with Crippen LogP contribution in [-0.2, 0) is 31.0 Å².